The number of nitrogens with one attached hydrogen (secondary N) is 3. The number of carbonyl (C=O) groups excluding carboxylic acids is 1. The maximum atomic E-state index is 12.0. The molecule has 1 aromatic rings. The predicted octanol–water partition coefficient (Wildman–Crippen LogP) is 1.64. The van der Waals surface area contributed by atoms with E-state index in [2.05, 4.69) is 15.6 Å². The number of carbonyl (C=O) groups is 1. The normalized spacial score (nSPS) is 11.2. The number of aryl methyl sites for hydroxylation is 1. The quantitative estimate of drug-likeness (QED) is 0.775. The number of anilines is 1. The van der Waals surface area contributed by atoms with Gasteiger partial charge >= 0.3 is 0 Å². The van der Waals surface area contributed by atoms with Gasteiger partial charge in [-0.05, 0) is 6.42 Å². The van der Waals surface area contributed by atoms with Crippen molar-refractivity contribution in [3.05, 3.63) is 27.5 Å². The summed E-state index contributed by atoms with van der Waals surface area (Å²) >= 11 is 0. The summed E-state index contributed by atoms with van der Waals surface area (Å²) in [6.45, 7) is 7.72. The first-order valence-corrected chi connectivity index (χ1v) is 6.50. The van der Waals surface area contributed by atoms with Crippen LogP contribution in [-0.4, -0.2) is 17.9 Å². The van der Waals surface area contributed by atoms with Gasteiger partial charge in [-0.1, -0.05) is 27.7 Å². The standard InChI is InChI=1S/C14H23N3O2/c1-6-9-7-11(18)10(12(15-5)17-9)8-16-13(19)14(2,3)4/h7H,6,8H2,1-5H3,(H,16,19)(H2,15,17,18). The van der Waals surface area contributed by atoms with Gasteiger partial charge in [0.1, 0.15) is 5.82 Å². The van der Waals surface area contributed by atoms with E-state index < -0.39 is 5.41 Å². The molecule has 0 radical (unpaired) electrons. The number of amides is 1. The summed E-state index contributed by atoms with van der Waals surface area (Å²) in [4.78, 5) is 27.0. The Hall–Kier alpha value is -1.78. The minimum absolute atomic E-state index is 0.0610. The van der Waals surface area contributed by atoms with E-state index in [4.69, 9.17) is 0 Å². The van der Waals surface area contributed by atoms with Crippen LogP contribution in [0.25, 0.3) is 0 Å². The second-order valence-corrected chi connectivity index (χ2v) is 5.55. The molecule has 0 aliphatic rings. The first kappa shape index (κ1) is 15.3. The maximum Gasteiger partial charge on any atom is 0.225 e. The molecule has 19 heavy (non-hydrogen) atoms. The molecule has 0 fully saturated rings. The van der Waals surface area contributed by atoms with Crippen molar-refractivity contribution in [2.24, 2.45) is 5.41 Å². The second kappa shape index (κ2) is 5.91. The molecule has 0 bridgehead atoms. The monoisotopic (exact) mass is 265 g/mol. The summed E-state index contributed by atoms with van der Waals surface area (Å²) < 4.78 is 0. The topological polar surface area (TPSA) is 74.0 Å². The summed E-state index contributed by atoms with van der Waals surface area (Å²) in [5.74, 6) is 0.590. The Morgan fingerprint density at radius 3 is 2.47 bits per heavy atom. The highest BCUT2D eigenvalue weighted by Crippen LogP contribution is 2.14. The van der Waals surface area contributed by atoms with Crippen LogP contribution in [0.5, 0.6) is 0 Å². The third-order valence-corrected chi connectivity index (χ3v) is 2.93. The number of hydrogen-bond donors (Lipinski definition) is 3. The van der Waals surface area contributed by atoms with Crippen molar-refractivity contribution < 1.29 is 4.79 Å². The summed E-state index contributed by atoms with van der Waals surface area (Å²) in [6, 6.07) is 1.58. The van der Waals surface area contributed by atoms with Crippen LogP contribution in [0.2, 0.25) is 0 Å². The van der Waals surface area contributed by atoms with Crippen LogP contribution in [0.15, 0.2) is 10.9 Å². The lowest BCUT2D eigenvalue weighted by Crippen LogP contribution is -2.35. The number of pyridine rings is 1. The summed E-state index contributed by atoms with van der Waals surface area (Å²) in [6.07, 6.45) is 0.762. The Labute approximate surface area is 113 Å². The highest BCUT2D eigenvalue weighted by atomic mass is 16.2. The number of rotatable bonds is 4. The molecule has 0 aromatic carbocycles. The molecule has 5 nitrogen and oxygen atoms in total. The molecule has 1 rings (SSSR count). The Morgan fingerprint density at radius 2 is 2.00 bits per heavy atom. The van der Waals surface area contributed by atoms with Gasteiger partial charge in [0, 0.05) is 24.2 Å². The second-order valence-electron chi connectivity index (χ2n) is 5.55. The van der Waals surface area contributed by atoms with Crippen molar-refractivity contribution in [1.29, 1.82) is 0 Å². The minimum Gasteiger partial charge on any atom is -0.374 e. The smallest absolute Gasteiger partial charge is 0.225 e. The predicted molar refractivity (Wildman–Crippen MR) is 77.3 cm³/mol. The molecule has 3 N–H and O–H groups in total. The minimum atomic E-state index is -0.462. The van der Waals surface area contributed by atoms with Crippen LogP contribution in [0.3, 0.4) is 0 Å². The largest absolute Gasteiger partial charge is 0.374 e. The van der Waals surface area contributed by atoms with E-state index in [1.807, 2.05) is 27.7 Å². The lowest BCUT2D eigenvalue weighted by Gasteiger charge is -2.18. The van der Waals surface area contributed by atoms with Gasteiger partial charge in [0.25, 0.3) is 0 Å². The third-order valence-electron chi connectivity index (χ3n) is 2.93. The van der Waals surface area contributed by atoms with Gasteiger partial charge in [-0.25, -0.2) is 0 Å². The molecule has 1 amide bonds. The van der Waals surface area contributed by atoms with Crippen molar-refractivity contribution in [2.75, 3.05) is 12.4 Å². The van der Waals surface area contributed by atoms with Gasteiger partial charge in [-0.3, -0.25) is 9.59 Å². The highest BCUT2D eigenvalue weighted by Gasteiger charge is 2.21. The SMILES string of the molecule is CCc1cc(=O)c(CNC(=O)C(C)(C)C)c(NC)[nH]1. The van der Waals surface area contributed by atoms with Crippen LogP contribution in [0, 0.1) is 5.41 Å². The van der Waals surface area contributed by atoms with Gasteiger partial charge in [-0.2, -0.15) is 0 Å². The Balaban J connectivity index is 2.96. The Kier molecular flexibility index (Phi) is 4.75. The van der Waals surface area contributed by atoms with Crippen LogP contribution < -0.4 is 16.1 Å². The summed E-state index contributed by atoms with van der Waals surface area (Å²) in [7, 11) is 1.75. The zero-order valence-electron chi connectivity index (χ0n) is 12.3. The molecule has 0 atom stereocenters. The van der Waals surface area contributed by atoms with E-state index >= 15 is 0 Å². The van der Waals surface area contributed by atoms with Crippen molar-refractivity contribution in [1.82, 2.24) is 10.3 Å². The molecule has 1 aromatic heterocycles. The van der Waals surface area contributed by atoms with E-state index in [0.29, 0.717) is 11.4 Å². The zero-order valence-corrected chi connectivity index (χ0v) is 12.3. The molecular formula is C14H23N3O2. The first-order chi connectivity index (χ1) is 8.79. The van der Waals surface area contributed by atoms with E-state index in [-0.39, 0.29) is 17.9 Å². The molecule has 0 saturated carbocycles. The lowest BCUT2D eigenvalue weighted by atomic mass is 9.95. The van der Waals surface area contributed by atoms with E-state index in [0.717, 1.165) is 12.1 Å². The van der Waals surface area contributed by atoms with Crippen molar-refractivity contribution in [2.45, 2.75) is 40.7 Å². The zero-order chi connectivity index (χ0) is 14.6. The molecule has 106 valence electrons. The fourth-order valence-electron chi connectivity index (χ4n) is 1.65. The average Bonchev–Trinajstić information content (AvgIpc) is 2.34. The summed E-state index contributed by atoms with van der Waals surface area (Å²) in [5, 5.41) is 5.76. The number of hydrogen-bond acceptors (Lipinski definition) is 3. The maximum absolute atomic E-state index is 12.0. The number of H-pyrrole nitrogens is 1. The van der Waals surface area contributed by atoms with Crippen molar-refractivity contribution >= 4 is 11.7 Å². The molecule has 0 unspecified atom stereocenters. The molecule has 1 heterocycles. The molecule has 0 spiro atoms. The first-order valence-electron chi connectivity index (χ1n) is 6.50. The van der Waals surface area contributed by atoms with Crippen LogP contribution >= 0.6 is 0 Å². The van der Waals surface area contributed by atoms with Crippen molar-refractivity contribution in [3.63, 3.8) is 0 Å². The van der Waals surface area contributed by atoms with Gasteiger partial charge in [0.15, 0.2) is 5.43 Å². The van der Waals surface area contributed by atoms with E-state index in [1.165, 1.54) is 0 Å². The van der Waals surface area contributed by atoms with Gasteiger partial charge in [-0.15, -0.1) is 0 Å². The Morgan fingerprint density at radius 1 is 1.37 bits per heavy atom. The van der Waals surface area contributed by atoms with Crippen LogP contribution in [0.4, 0.5) is 5.82 Å². The summed E-state index contributed by atoms with van der Waals surface area (Å²) in [5.41, 5.74) is 0.905. The fourth-order valence-corrected chi connectivity index (χ4v) is 1.65. The number of aromatic nitrogens is 1. The average molecular weight is 265 g/mol. The molecular weight excluding hydrogens is 242 g/mol. The molecule has 5 heteroatoms. The van der Waals surface area contributed by atoms with E-state index in [9.17, 15) is 9.59 Å². The van der Waals surface area contributed by atoms with Crippen molar-refractivity contribution in [3.8, 4) is 0 Å². The van der Waals surface area contributed by atoms with E-state index in [1.54, 1.807) is 13.1 Å². The van der Waals surface area contributed by atoms with Crippen LogP contribution in [0.1, 0.15) is 39.0 Å². The molecule has 0 saturated heterocycles. The van der Waals surface area contributed by atoms with Gasteiger partial charge in [0.05, 0.1) is 12.1 Å². The fraction of sp³-hybridized carbons (Fsp3) is 0.571. The molecule has 0 aliphatic heterocycles. The Bertz CT molecular complexity index is 512. The van der Waals surface area contributed by atoms with Gasteiger partial charge < -0.3 is 15.6 Å². The number of aromatic amines is 1. The highest BCUT2D eigenvalue weighted by molar-refractivity contribution is 5.81. The van der Waals surface area contributed by atoms with Gasteiger partial charge in [0.2, 0.25) is 5.91 Å². The molecule has 0 aliphatic carbocycles. The third kappa shape index (κ3) is 3.84. The lowest BCUT2D eigenvalue weighted by molar-refractivity contribution is -0.128. The van der Waals surface area contributed by atoms with Crippen LogP contribution in [-0.2, 0) is 17.8 Å².